The smallest absolute Gasteiger partial charge is 0.323 e. The molecule has 30 heavy (non-hydrogen) atoms. The van der Waals surface area contributed by atoms with Crippen LogP contribution in [-0.4, -0.2) is 31.3 Å². The molecule has 144 valence electrons. The number of aliphatic imine (C=N–C) groups is 1. The molecule has 0 saturated carbocycles. The SMILES string of the molecule is O=C(O)Cn1cc(C2=Nc3c(c4cccnc4c4ncccc34)C2)c2ccccc21. The molecule has 1 N–H and O–H groups in total. The van der Waals surface area contributed by atoms with E-state index in [0.29, 0.717) is 6.42 Å². The lowest BCUT2D eigenvalue weighted by atomic mass is 9.98. The van der Waals surface area contributed by atoms with E-state index in [0.717, 1.165) is 55.2 Å². The van der Waals surface area contributed by atoms with Crippen LogP contribution >= 0.6 is 0 Å². The van der Waals surface area contributed by atoms with Gasteiger partial charge in [-0.3, -0.25) is 19.8 Å². The molecule has 0 radical (unpaired) electrons. The number of hydrogen-bond acceptors (Lipinski definition) is 4. The van der Waals surface area contributed by atoms with Crippen LogP contribution < -0.4 is 0 Å². The summed E-state index contributed by atoms with van der Waals surface area (Å²) >= 11 is 0. The van der Waals surface area contributed by atoms with E-state index in [1.54, 1.807) is 17.0 Å². The molecule has 2 aromatic carbocycles. The molecule has 0 aliphatic carbocycles. The van der Waals surface area contributed by atoms with Gasteiger partial charge in [-0.05, 0) is 29.8 Å². The van der Waals surface area contributed by atoms with Gasteiger partial charge in [0.15, 0.2) is 0 Å². The van der Waals surface area contributed by atoms with E-state index >= 15 is 0 Å². The first-order chi connectivity index (χ1) is 14.7. The molecule has 1 aliphatic rings. The third-order valence-corrected chi connectivity index (χ3v) is 5.70. The van der Waals surface area contributed by atoms with Crippen molar-refractivity contribution in [2.75, 3.05) is 0 Å². The second-order valence-electron chi connectivity index (χ2n) is 7.44. The molecule has 6 rings (SSSR count). The van der Waals surface area contributed by atoms with Gasteiger partial charge < -0.3 is 9.67 Å². The Morgan fingerprint density at radius 3 is 2.43 bits per heavy atom. The van der Waals surface area contributed by atoms with Crippen molar-refractivity contribution in [1.82, 2.24) is 14.5 Å². The number of hydrogen-bond donors (Lipinski definition) is 1. The van der Waals surface area contributed by atoms with Crippen molar-refractivity contribution in [2.45, 2.75) is 13.0 Å². The summed E-state index contributed by atoms with van der Waals surface area (Å²) in [5.41, 5.74) is 6.62. The first kappa shape index (κ1) is 16.9. The third-order valence-electron chi connectivity index (χ3n) is 5.70. The molecule has 5 aromatic rings. The summed E-state index contributed by atoms with van der Waals surface area (Å²) in [6, 6.07) is 15.8. The number of carboxylic acids is 1. The molecule has 0 bridgehead atoms. The number of aromatic nitrogens is 3. The number of carbonyl (C=O) groups is 1. The van der Waals surface area contributed by atoms with Gasteiger partial charge in [0, 0.05) is 52.3 Å². The molecule has 1 aliphatic heterocycles. The van der Waals surface area contributed by atoms with Crippen molar-refractivity contribution in [1.29, 1.82) is 0 Å². The summed E-state index contributed by atoms with van der Waals surface area (Å²) in [7, 11) is 0. The number of pyridine rings is 2. The Bertz CT molecular complexity index is 1530. The number of carboxylic acid groups (broad SMARTS) is 1. The van der Waals surface area contributed by atoms with Gasteiger partial charge in [-0.2, -0.15) is 0 Å². The Labute approximate surface area is 171 Å². The molecule has 0 amide bonds. The zero-order valence-electron chi connectivity index (χ0n) is 15.9. The average molecular weight is 392 g/mol. The zero-order chi connectivity index (χ0) is 20.2. The molecule has 6 heteroatoms. The van der Waals surface area contributed by atoms with Gasteiger partial charge in [0.05, 0.1) is 22.4 Å². The van der Waals surface area contributed by atoms with E-state index in [2.05, 4.69) is 16.0 Å². The first-order valence-electron chi connectivity index (χ1n) is 9.72. The van der Waals surface area contributed by atoms with Crippen LogP contribution in [0.3, 0.4) is 0 Å². The topological polar surface area (TPSA) is 80.4 Å². The van der Waals surface area contributed by atoms with E-state index in [9.17, 15) is 9.90 Å². The monoisotopic (exact) mass is 392 g/mol. The van der Waals surface area contributed by atoms with E-state index in [4.69, 9.17) is 4.99 Å². The highest BCUT2D eigenvalue weighted by atomic mass is 16.4. The van der Waals surface area contributed by atoms with Crippen LogP contribution in [0.25, 0.3) is 32.7 Å². The number of aliphatic carboxylic acids is 1. The molecule has 0 atom stereocenters. The lowest BCUT2D eigenvalue weighted by Gasteiger charge is -2.08. The van der Waals surface area contributed by atoms with Crippen LogP contribution in [-0.2, 0) is 17.8 Å². The highest BCUT2D eigenvalue weighted by Crippen LogP contribution is 2.41. The maximum Gasteiger partial charge on any atom is 0.323 e. The van der Waals surface area contributed by atoms with Crippen LogP contribution in [0.2, 0.25) is 0 Å². The summed E-state index contributed by atoms with van der Waals surface area (Å²) in [6.07, 6.45) is 6.15. The number of fused-ring (bicyclic) bond motifs is 7. The molecule has 0 saturated heterocycles. The normalized spacial score (nSPS) is 13.1. The van der Waals surface area contributed by atoms with Crippen molar-refractivity contribution in [3.05, 3.63) is 78.2 Å². The van der Waals surface area contributed by atoms with Crippen LogP contribution in [0.4, 0.5) is 5.69 Å². The fraction of sp³-hybridized carbons (Fsp3) is 0.0833. The molecular weight excluding hydrogens is 376 g/mol. The number of benzene rings is 2. The summed E-state index contributed by atoms with van der Waals surface area (Å²) in [5.74, 6) is -0.868. The Morgan fingerprint density at radius 1 is 0.933 bits per heavy atom. The minimum Gasteiger partial charge on any atom is -0.480 e. The second kappa shape index (κ2) is 6.22. The Morgan fingerprint density at radius 2 is 1.63 bits per heavy atom. The van der Waals surface area contributed by atoms with Gasteiger partial charge in [-0.15, -0.1) is 0 Å². The Hall–Kier alpha value is -4.06. The molecule has 4 heterocycles. The summed E-state index contributed by atoms with van der Waals surface area (Å²) in [4.78, 5) is 25.5. The van der Waals surface area contributed by atoms with Crippen molar-refractivity contribution < 1.29 is 9.90 Å². The minimum atomic E-state index is -0.868. The summed E-state index contributed by atoms with van der Waals surface area (Å²) in [5, 5.41) is 12.4. The minimum absolute atomic E-state index is 0.0829. The van der Waals surface area contributed by atoms with Crippen LogP contribution in [0, 0.1) is 0 Å². The van der Waals surface area contributed by atoms with Crippen molar-refractivity contribution in [3.8, 4) is 0 Å². The third kappa shape index (κ3) is 2.37. The molecule has 3 aromatic heterocycles. The van der Waals surface area contributed by atoms with E-state index in [-0.39, 0.29) is 6.54 Å². The zero-order valence-corrected chi connectivity index (χ0v) is 15.9. The summed E-state index contributed by atoms with van der Waals surface area (Å²) < 4.78 is 1.78. The van der Waals surface area contributed by atoms with Crippen molar-refractivity contribution in [2.24, 2.45) is 4.99 Å². The standard InChI is InChI=1S/C24H16N4O2/c29-21(30)13-28-12-18(14-5-1-2-8-20(14)28)19-11-17-15-6-3-9-25-23(15)24-16(22(17)27-19)7-4-10-26-24/h1-10,12H,11,13H2,(H,29,30). The van der Waals surface area contributed by atoms with Crippen LogP contribution in [0.5, 0.6) is 0 Å². The molecule has 0 spiro atoms. The maximum atomic E-state index is 11.3. The molecule has 0 fully saturated rings. The average Bonchev–Trinajstić information content (AvgIpc) is 3.36. The molecule has 6 nitrogen and oxygen atoms in total. The Balaban J connectivity index is 1.60. The van der Waals surface area contributed by atoms with Gasteiger partial charge in [-0.1, -0.05) is 24.3 Å². The van der Waals surface area contributed by atoms with E-state index in [1.807, 2.05) is 48.7 Å². The number of para-hydroxylation sites is 1. The molecule has 0 unspecified atom stereocenters. The fourth-order valence-corrected chi connectivity index (χ4v) is 4.47. The Kier molecular flexibility index (Phi) is 3.49. The van der Waals surface area contributed by atoms with Gasteiger partial charge in [0.25, 0.3) is 0 Å². The fourth-order valence-electron chi connectivity index (χ4n) is 4.47. The van der Waals surface area contributed by atoms with E-state index in [1.165, 1.54) is 0 Å². The predicted molar refractivity (Wildman–Crippen MR) is 117 cm³/mol. The summed E-state index contributed by atoms with van der Waals surface area (Å²) in [6.45, 7) is -0.0829. The highest BCUT2D eigenvalue weighted by molar-refractivity contribution is 6.21. The quantitative estimate of drug-likeness (QED) is 0.459. The van der Waals surface area contributed by atoms with Gasteiger partial charge >= 0.3 is 5.97 Å². The van der Waals surface area contributed by atoms with E-state index < -0.39 is 5.97 Å². The maximum absolute atomic E-state index is 11.3. The van der Waals surface area contributed by atoms with Crippen molar-refractivity contribution >= 4 is 50.1 Å². The predicted octanol–water partition coefficient (Wildman–Crippen LogP) is 4.50. The number of rotatable bonds is 3. The molecular formula is C24H16N4O2. The highest BCUT2D eigenvalue weighted by Gasteiger charge is 2.25. The van der Waals surface area contributed by atoms with Crippen molar-refractivity contribution in [3.63, 3.8) is 0 Å². The lowest BCUT2D eigenvalue weighted by molar-refractivity contribution is -0.137. The second-order valence-corrected chi connectivity index (χ2v) is 7.44. The van der Waals surface area contributed by atoms with Gasteiger partial charge in [-0.25, -0.2) is 0 Å². The number of nitrogens with zero attached hydrogens (tertiary/aromatic N) is 4. The van der Waals surface area contributed by atoms with Crippen LogP contribution in [0.15, 0.2) is 72.1 Å². The first-order valence-corrected chi connectivity index (χ1v) is 9.72. The van der Waals surface area contributed by atoms with Gasteiger partial charge in [0.2, 0.25) is 0 Å². The lowest BCUT2D eigenvalue weighted by Crippen LogP contribution is -2.07. The largest absolute Gasteiger partial charge is 0.480 e. The van der Waals surface area contributed by atoms with Crippen LogP contribution in [0.1, 0.15) is 11.1 Å². The van der Waals surface area contributed by atoms with Gasteiger partial charge in [0.1, 0.15) is 6.54 Å².